The van der Waals surface area contributed by atoms with Gasteiger partial charge in [-0.05, 0) is 52.9 Å². The smallest absolute Gasteiger partial charge is 0.233 e. The summed E-state index contributed by atoms with van der Waals surface area (Å²) in [6.45, 7) is 7.73. The average Bonchev–Trinajstić information content (AvgIpc) is 3.07. The average molecular weight is 441 g/mol. The van der Waals surface area contributed by atoms with Gasteiger partial charge in [-0.25, -0.2) is 4.68 Å². The van der Waals surface area contributed by atoms with Gasteiger partial charge in [0, 0.05) is 19.6 Å². The summed E-state index contributed by atoms with van der Waals surface area (Å²) in [6, 6.07) is 0. The number of nitrogens with two attached hydrogens (primary N) is 1. The molecule has 0 saturated carbocycles. The molecule has 3 N–H and O–H groups in total. The second-order valence-electron chi connectivity index (χ2n) is 6.90. The zero-order valence-corrected chi connectivity index (χ0v) is 19.2. The zero-order chi connectivity index (χ0) is 21.2. The Morgan fingerprint density at radius 2 is 2.00 bits per heavy atom. The van der Waals surface area contributed by atoms with Gasteiger partial charge in [0.25, 0.3) is 0 Å². The molecular formula is C19H32N6O2S2. The van der Waals surface area contributed by atoms with Crippen LogP contribution in [-0.4, -0.2) is 62.2 Å². The van der Waals surface area contributed by atoms with E-state index in [2.05, 4.69) is 21.6 Å². The van der Waals surface area contributed by atoms with Crippen molar-refractivity contribution in [2.75, 3.05) is 31.2 Å². The standard InChI is InChI=1S/C19H32N6O2S2/c1-4-24(5-2)16(26)13-28-18-22-23-19(25(18)20)29-14(3)17(27)21-12-11-15-9-7-6-8-10-15/h9,14H,4-8,10-13,20H2,1-3H3,(H,21,27). The van der Waals surface area contributed by atoms with E-state index in [0.29, 0.717) is 29.9 Å². The SMILES string of the molecule is CCN(CC)C(=O)CSc1nnc(SC(C)C(=O)NCCC2=CCCCC2)n1N. The van der Waals surface area contributed by atoms with Crippen molar-refractivity contribution in [1.82, 2.24) is 25.1 Å². The van der Waals surface area contributed by atoms with Gasteiger partial charge in [-0.15, -0.1) is 10.2 Å². The molecule has 0 saturated heterocycles. The number of nitrogen functional groups attached to an aromatic ring is 1. The lowest BCUT2D eigenvalue weighted by Gasteiger charge is -2.17. The van der Waals surface area contributed by atoms with Crippen LogP contribution in [0.3, 0.4) is 0 Å². The molecule has 8 nitrogen and oxygen atoms in total. The second kappa shape index (κ2) is 12.1. The number of amides is 2. The number of nitrogens with zero attached hydrogens (tertiary/aromatic N) is 4. The highest BCUT2D eigenvalue weighted by molar-refractivity contribution is 8.00. The third-order valence-electron chi connectivity index (χ3n) is 4.86. The first kappa shape index (κ1) is 23.6. The van der Waals surface area contributed by atoms with Crippen molar-refractivity contribution >= 4 is 35.3 Å². The summed E-state index contributed by atoms with van der Waals surface area (Å²) in [5, 5.41) is 11.7. The molecule has 0 fully saturated rings. The molecule has 1 aliphatic rings. The molecule has 1 atom stereocenters. The maximum Gasteiger partial charge on any atom is 0.233 e. The van der Waals surface area contributed by atoms with Crippen molar-refractivity contribution < 1.29 is 9.59 Å². The Kier molecular flexibility index (Phi) is 9.86. The van der Waals surface area contributed by atoms with E-state index in [1.807, 2.05) is 20.8 Å². The summed E-state index contributed by atoms with van der Waals surface area (Å²) in [7, 11) is 0. The van der Waals surface area contributed by atoms with Gasteiger partial charge in [0.15, 0.2) is 0 Å². The number of allylic oxidation sites excluding steroid dienone is 1. The lowest BCUT2D eigenvalue weighted by Crippen LogP contribution is -2.32. The lowest BCUT2D eigenvalue weighted by atomic mass is 9.97. The van der Waals surface area contributed by atoms with Gasteiger partial charge < -0.3 is 16.1 Å². The number of thioether (sulfide) groups is 2. The Labute approximate surface area is 181 Å². The Balaban J connectivity index is 1.79. The van der Waals surface area contributed by atoms with Crippen LogP contribution < -0.4 is 11.2 Å². The summed E-state index contributed by atoms with van der Waals surface area (Å²) in [4.78, 5) is 26.2. The number of aromatic nitrogens is 3. The maximum atomic E-state index is 12.4. The number of nitrogens with one attached hydrogen (secondary N) is 1. The monoisotopic (exact) mass is 440 g/mol. The molecule has 1 aliphatic carbocycles. The normalized spacial score (nSPS) is 14.9. The van der Waals surface area contributed by atoms with Crippen LogP contribution in [0.25, 0.3) is 0 Å². The molecule has 29 heavy (non-hydrogen) atoms. The fourth-order valence-electron chi connectivity index (χ4n) is 3.07. The highest BCUT2D eigenvalue weighted by Gasteiger charge is 2.20. The van der Waals surface area contributed by atoms with Gasteiger partial charge in [-0.2, -0.15) is 0 Å². The third kappa shape index (κ3) is 7.26. The number of hydrogen-bond donors (Lipinski definition) is 2. The van der Waals surface area contributed by atoms with Crippen molar-refractivity contribution in [3.8, 4) is 0 Å². The van der Waals surface area contributed by atoms with Crippen molar-refractivity contribution in [2.45, 2.75) is 68.4 Å². The van der Waals surface area contributed by atoms with E-state index in [1.54, 1.807) is 4.90 Å². The van der Waals surface area contributed by atoms with E-state index < -0.39 is 0 Å². The predicted octanol–water partition coefficient (Wildman–Crippen LogP) is 2.44. The van der Waals surface area contributed by atoms with Crippen LogP contribution in [0, 0.1) is 0 Å². The largest absolute Gasteiger partial charge is 0.355 e. The fourth-order valence-corrected chi connectivity index (χ4v) is 4.68. The maximum absolute atomic E-state index is 12.4. The highest BCUT2D eigenvalue weighted by Crippen LogP contribution is 2.25. The van der Waals surface area contributed by atoms with E-state index in [1.165, 1.54) is 46.6 Å². The van der Waals surface area contributed by atoms with Crippen LogP contribution in [-0.2, 0) is 9.59 Å². The van der Waals surface area contributed by atoms with Gasteiger partial charge in [0.2, 0.25) is 22.1 Å². The number of carbonyl (C=O) groups is 2. The molecule has 1 unspecified atom stereocenters. The number of carbonyl (C=O) groups excluding carboxylic acids is 2. The first-order valence-corrected chi connectivity index (χ1v) is 12.1. The molecule has 2 amide bonds. The summed E-state index contributed by atoms with van der Waals surface area (Å²) < 4.78 is 1.35. The molecule has 10 heteroatoms. The molecule has 0 aromatic carbocycles. The number of hydrogen-bond acceptors (Lipinski definition) is 7. The van der Waals surface area contributed by atoms with E-state index in [0.717, 1.165) is 19.3 Å². The molecule has 0 radical (unpaired) electrons. The zero-order valence-electron chi connectivity index (χ0n) is 17.5. The fraction of sp³-hybridized carbons (Fsp3) is 0.684. The van der Waals surface area contributed by atoms with Crippen molar-refractivity contribution in [3.05, 3.63) is 11.6 Å². The van der Waals surface area contributed by atoms with Gasteiger partial charge in [-0.3, -0.25) is 9.59 Å². The van der Waals surface area contributed by atoms with Crippen molar-refractivity contribution in [2.24, 2.45) is 0 Å². The molecule has 0 spiro atoms. The van der Waals surface area contributed by atoms with Crippen LogP contribution in [0.1, 0.15) is 52.9 Å². The molecule has 1 aromatic heterocycles. The van der Waals surface area contributed by atoms with Crippen molar-refractivity contribution in [1.29, 1.82) is 0 Å². The quantitative estimate of drug-likeness (QED) is 0.309. The molecule has 2 rings (SSSR count). The number of rotatable bonds is 11. The van der Waals surface area contributed by atoms with Crippen molar-refractivity contribution in [3.63, 3.8) is 0 Å². The molecule has 1 aromatic rings. The second-order valence-corrected chi connectivity index (χ2v) is 9.15. The van der Waals surface area contributed by atoms with Gasteiger partial charge >= 0.3 is 0 Å². The molecule has 1 heterocycles. The first-order chi connectivity index (χ1) is 14.0. The van der Waals surface area contributed by atoms with Gasteiger partial charge in [0.1, 0.15) is 0 Å². The Bertz CT molecular complexity index is 718. The van der Waals surface area contributed by atoms with E-state index in [-0.39, 0.29) is 22.8 Å². The Hall–Kier alpha value is -1.68. The summed E-state index contributed by atoms with van der Waals surface area (Å²) in [6.07, 6.45) is 8.04. The van der Waals surface area contributed by atoms with Gasteiger partial charge in [-0.1, -0.05) is 35.2 Å². The highest BCUT2D eigenvalue weighted by atomic mass is 32.2. The summed E-state index contributed by atoms with van der Waals surface area (Å²) >= 11 is 2.52. The van der Waals surface area contributed by atoms with E-state index >= 15 is 0 Å². The summed E-state index contributed by atoms with van der Waals surface area (Å²) in [5.74, 6) is 6.32. The topological polar surface area (TPSA) is 106 Å². The predicted molar refractivity (Wildman–Crippen MR) is 118 cm³/mol. The van der Waals surface area contributed by atoms with Gasteiger partial charge in [0.05, 0.1) is 11.0 Å². The van der Waals surface area contributed by atoms with E-state index in [4.69, 9.17) is 5.84 Å². The lowest BCUT2D eigenvalue weighted by molar-refractivity contribution is -0.128. The van der Waals surface area contributed by atoms with Crippen LogP contribution in [0.4, 0.5) is 0 Å². The van der Waals surface area contributed by atoms with Crippen LogP contribution in [0.5, 0.6) is 0 Å². The van der Waals surface area contributed by atoms with Crippen LogP contribution in [0.15, 0.2) is 22.0 Å². The minimum Gasteiger partial charge on any atom is -0.355 e. The first-order valence-electron chi connectivity index (χ1n) is 10.2. The Morgan fingerprint density at radius 1 is 1.28 bits per heavy atom. The van der Waals surface area contributed by atoms with Crippen LogP contribution in [0.2, 0.25) is 0 Å². The molecule has 0 bridgehead atoms. The minimum absolute atomic E-state index is 0.0398. The molecule has 0 aliphatic heterocycles. The summed E-state index contributed by atoms with van der Waals surface area (Å²) in [5.41, 5.74) is 1.44. The Morgan fingerprint density at radius 3 is 2.66 bits per heavy atom. The van der Waals surface area contributed by atoms with Crippen LogP contribution >= 0.6 is 23.5 Å². The molecular weight excluding hydrogens is 408 g/mol. The third-order valence-corrected chi connectivity index (χ3v) is 6.84. The minimum atomic E-state index is -0.336. The van der Waals surface area contributed by atoms with E-state index in [9.17, 15) is 9.59 Å². The molecule has 162 valence electrons.